The minimum absolute atomic E-state index is 0.0381. The van der Waals surface area contributed by atoms with Gasteiger partial charge in [0, 0.05) is 49.6 Å². The molecular formula is C19H22N4O. The van der Waals surface area contributed by atoms with Crippen molar-refractivity contribution in [1.82, 2.24) is 20.2 Å². The van der Waals surface area contributed by atoms with Crippen molar-refractivity contribution >= 4 is 16.9 Å². The molecule has 0 saturated carbocycles. The molecule has 0 aliphatic heterocycles. The van der Waals surface area contributed by atoms with Crippen molar-refractivity contribution in [3.05, 3.63) is 66.1 Å². The number of aromatic amines is 1. The number of nitrogens with one attached hydrogen (secondary N) is 2. The maximum absolute atomic E-state index is 12.2. The summed E-state index contributed by atoms with van der Waals surface area (Å²) in [5.41, 5.74) is 3.54. The number of fused-ring (bicyclic) bond motifs is 1. The number of likely N-dealkylation sites (N-methyl/N-ethyl adjacent to an activating group) is 1. The Morgan fingerprint density at radius 2 is 1.96 bits per heavy atom. The van der Waals surface area contributed by atoms with Gasteiger partial charge >= 0.3 is 6.03 Å². The molecule has 24 heavy (non-hydrogen) atoms. The number of hydrogen-bond acceptors (Lipinski definition) is 2. The molecule has 0 aliphatic rings. The summed E-state index contributed by atoms with van der Waals surface area (Å²) in [6, 6.07) is 12.1. The molecule has 2 N–H and O–H groups in total. The third-order valence-electron chi connectivity index (χ3n) is 4.18. The van der Waals surface area contributed by atoms with Crippen LogP contribution in [-0.4, -0.2) is 41.0 Å². The smallest absolute Gasteiger partial charge is 0.317 e. The number of carbonyl (C=O) groups excluding carboxylic acids is 1. The van der Waals surface area contributed by atoms with E-state index in [0.29, 0.717) is 13.1 Å². The number of para-hydroxylation sites is 1. The monoisotopic (exact) mass is 322 g/mol. The average Bonchev–Trinajstić information content (AvgIpc) is 3.04. The van der Waals surface area contributed by atoms with Crippen LogP contribution in [0.1, 0.15) is 11.1 Å². The zero-order valence-electron chi connectivity index (χ0n) is 13.8. The standard InChI is InChI=1S/C19H22N4O/c1-23(13-9-15-6-10-20-11-7-15)19(24)21-12-8-16-14-22-18-5-3-2-4-17(16)18/h2-7,10-11,14,22H,8-9,12-13H2,1H3,(H,21,24). The minimum atomic E-state index is -0.0381. The van der Waals surface area contributed by atoms with Gasteiger partial charge in [-0.05, 0) is 42.2 Å². The zero-order valence-corrected chi connectivity index (χ0v) is 13.8. The second-order valence-electron chi connectivity index (χ2n) is 5.87. The normalized spacial score (nSPS) is 10.7. The Labute approximate surface area is 141 Å². The number of aromatic nitrogens is 2. The van der Waals surface area contributed by atoms with Crippen LogP contribution >= 0.6 is 0 Å². The molecule has 0 aliphatic carbocycles. The number of rotatable bonds is 6. The summed E-state index contributed by atoms with van der Waals surface area (Å²) in [6.07, 6.45) is 7.21. The molecule has 3 aromatic rings. The maximum Gasteiger partial charge on any atom is 0.317 e. The molecule has 0 fully saturated rings. The number of hydrogen-bond donors (Lipinski definition) is 2. The highest BCUT2D eigenvalue weighted by Gasteiger charge is 2.08. The van der Waals surface area contributed by atoms with E-state index in [0.717, 1.165) is 18.4 Å². The summed E-state index contributed by atoms with van der Waals surface area (Å²) >= 11 is 0. The van der Waals surface area contributed by atoms with Gasteiger partial charge in [0.1, 0.15) is 0 Å². The zero-order chi connectivity index (χ0) is 16.8. The lowest BCUT2D eigenvalue weighted by molar-refractivity contribution is 0.209. The highest BCUT2D eigenvalue weighted by molar-refractivity contribution is 5.83. The number of nitrogens with zero attached hydrogens (tertiary/aromatic N) is 2. The van der Waals surface area contributed by atoms with Crippen LogP contribution in [0, 0.1) is 0 Å². The van der Waals surface area contributed by atoms with Gasteiger partial charge in [-0.15, -0.1) is 0 Å². The molecule has 2 aromatic heterocycles. The fourth-order valence-corrected chi connectivity index (χ4v) is 2.73. The first kappa shape index (κ1) is 16.1. The Bertz CT molecular complexity index is 797. The van der Waals surface area contributed by atoms with Crippen molar-refractivity contribution in [1.29, 1.82) is 0 Å². The largest absolute Gasteiger partial charge is 0.361 e. The Morgan fingerprint density at radius 1 is 1.17 bits per heavy atom. The molecule has 1 aromatic carbocycles. The molecule has 2 amide bonds. The second kappa shape index (κ2) is 7.64. The second-order valence-corrected chi connectivity index (χ2v) is 5.87. The predicted molar refractivity (Wildman–Crippen MR) is 96.0 cm³/mol. The third-order valence-corrected chi connectivity index (χ3v) is 4.18. The summed E-state index contributed by atoms with van der Waals surface area (Å²) in [5, 5.41) is 4.20. The van der Waals surface area contributed by atoms with Crippen molar-refractivity contribution in [2.75, 3.05) is 20.1 Å². The molecule has 2 heterocycles. The van der Waals surface area contributed by atoms with Crippen LogP contribution in [0.2, 0.25) is 0 Å². The van der Waals surface area contributed by atoms with Gasteiger partial charge in [0.25, 0.3) is 0 Å². The Hall–Kier alpha value is -2.82. The van der Waals surface area contributed by atoms with Gasteiger partial charge in [0.05, 0.1) is 0 Å². The van der Waals surface area contributed by atoms with Crippen molar-refractivity contribution in [2.45, 2.75) is 12.8 Å². The van der Waals surface area contributed by atoms with Crippen LogP contribution in [0.15, 0.2) is 55.0 Å². The summed E-state index contributed by atoms with van der Waals surface area (Å²) < 4.78 is 0. The van der Waals surface area contributed by atoms with Gasteiger partial charge in [-0.1, -0.05) is 18.2 Å². The SMILES string of the molecule is CN(CCc1ccncc1)C(=O)NCCc1c[nH]c2ccccc12. The number of urea groups is 1. The molecule has 0 bridgehead atoms. The summed E-state index contributed by atoms with van der Waals surface area (Å²) in [4.78, 5) is 21.1. The van der Waals surface area contributed by atoms with Crippen LogP contribution in [0.25, 0.3) is 10.9 Å². The molecule has 124 valence electrons. The van der Waals surface area contributed by atoms with E-state index < -0.39 is 0 Å². The van der Waals surface area contributed by atoms with E-state index in [4.69, 9.17) is 0 Å². The molecule has 0 radical (unpaired) electrons. The molecule has 0 unspecified atom stereocenters. The molecular weight excluding hydrogens is 300 g/mol. The average molecular weight is 322 g/mol. The van der Waals surface area contributed by atoms with Crippen LogP contribution in [0.5, 0.6) is 0 Å². The summed E-state index contributed by atoms with van der Waals surface area (Å²) in [7, 11) is 1.82. The lowest BCUT2D eigenvalue weighted by Crippen LogP contribution is -2.39. The summed E-state index contributed by atoms with van der Waals surface area (Å²) in [5.74, 6) is 0. The van der Waals surface area contributed by atoms with E-state index in [-0.39, 0.29) is 6.03 Å². The van der Waals surface area contributed by atoms with Crippen molar-refractivity contribution < 1.29 is 4.79 Å². The first-order valence-electron chi connectivity index (χ1n) is 8.17. The van der Waals surface area contributed by atoms with Gasteiger partial charge in [-0.25, -0.2) is 4.79 Å². The Kier molecular flexibility index (Phi) is 5.11. The van der Waals surface area contributed by atoms with Crippen LogP contribution < -0.4 is 5.32 Å². The number of amides is 2. The highest BCUT2D eigenvalue weighted by Crippen LogP contribution is 2.17. The topological polar surface area (TPSA) is 61.0 Å². The first-order chi connectivity index (χ1) is 11.7. The van der Waals surface area contributed by atoms with Gasteiger partial charge in [-0.2, -0.15) is 0 Å². The maximum atomic E-state index is 12.2. The van der Waals surface area contributed by atoms with Crippen molar-refractivity contribution in [2.24, 2.45) is 0 Å². The molecule has 3 rings (SSSR count). The van der Waals surface area contributed by atoms with E-state index in [1.807, 2.05) is 37.5 Å². The Balaban J connectivity index is 1.45. The third kappa shape index (κ3) is 3.93. The highest BCUT2D eigenvalue weighted by atomic mass is 16.2. The summed E-state index contributed by atoms with van der Waals surface area (Å²) in [6.45, 7) is 1.31. The van der Waals surface area contributed by atoms with Crippen LogP contribution in [0.3, 0.4) is 0 Å². The predicted octanol–water partition coefficient (Wildman–Crippen LogP) is 2.99. The molecule has 0 saturated heterocycles. The number of H-pyrrole nitrogens is 1. The lowest BCUT2D eigenvalue weighted by atomic mass is 10.1. The molecule has 0 spiro atoms. The molecule has 0 atom stereocenters. The molecule has 5 heteroatoms. The van der Waals surface area contributed by atoms with Crippen molar-refractivity contribution in [3.8, 4) is 0 Å². The van der Waals surface area contributed by atoms with Gasteiger partial charge < -0.3 is 15.2 Å². The van der Waals surface area contributed by atoms with E-state index in [9.17, 15) is 4.79 Å². The van der Waals surface area contributed by atoms with Crippen LogP contribution in [-0.2, 0) is 12.8 Å². The lowest BCUT2D eigenvalue weighted by Gasteiger charge is -2.17. The fourth-order valence-electron chi connectivity index (χ4n) is 2.73. The van der Waals surface area contributed by atoms with E-state index in [1.165, 1.54) is 16.5 Å². The number of benzene rings is 1. The first-order valence-corrected chi connectivity index (χ1v) is 8.17. The van der Waals surface area contributed by atoms with E-state index in [2.05, 4.69) is 27.4 Å². The number of pyridine rings is 1. The van der Waals surface area contributed by atoms with Gasteiger partial charge in [-0.3, -0.25) is 4.98 Å². The van der Waals surface area contributed by atoms with Crippen molar-refractivity contribution in [3.63, 3.8) is 0 Å². The van der Waals surface area contributed by atoms with E-state index >= 15 is 0 Å². The fraction of sp³-hybridized carbons (Fsp3) is 0.263. The van der Waals surface area contributed by atoms with Gasteiger partial charge in [0.2, 0.25) is 0 Å². The minimum Gasteiger partial charge on any atom is -0.361 e. The van der Waals surface area contributed by atoms with Crippen LogP contribution in [0.4, 0.5) is 4.79 Å². The van der Waals surface area contributed by atoms with Gasteiger partial charge in [0.15, 0.2) is 0 Å². The quantitative estimate of drug-likeness (QED) is 0.733. The van der Waals surface area contributed by atoms with E-state index in [1.54, 1.807) is 17.3 Å². The Morgan fingerprint density at radius 3 is 2.79 bits per heavy atom. The number of carbonyl (C=O) groups is 1. The molecule has 5 nitrogen and oxygen atoms in total.